The number of benzene rings is 1. The summed E-state index contributed by atoms with van der Waals surface area (Å²) in [6.07, 6.45) is 1.33. The summed E-state index contributed by atoms with van der Waals surface area (Å²) in [5, 5.41) is 8.20. The highest BCUT2D eigenvalue weighted by molar-refractivity contribution is 7.92. The number of hydrogen-bond acceptors (Lipinski definition) is 4. The lowest BCUT2D eigenvalue weighted by Crippen LogP contribution is -2.40. The highest BCUT2D eigenvalue weighted by Gasteiger charge is 2.31. The lowest BCUT2D eigenvalue weighted by molar-refractivity contribution is 0.240. The van der Waals surface area contributed by atoms with E-state index >= 15 is 0 Å². The molecule has 1 fully saturated rings. The number of urea groups is 1. The van der Waals surface area contributed by atoms with Crippen LogP contribution in [-0.2, 0) is 16.4 Å². The van der Waals surface area contributed by atoms with Crippen molar-refractivity contribution in [1.29, 1.82) is 0 Å². The van der Waals surface area contributed by atoms with Crippen LogP contribution in [0.4, 0.5) is 4.79 Å². The topological polar surface area (TPSA) is 75.3 Å². The van der Waals surface area contributed by atoms with Crippen molar-refractivity contribution in [2.75, 3.05) is 12.3 Å². The molecule has 0 saturated carbocycles. The summed E-state index contributed by atoms with van der Waals surface area (Å²) < 4.78 is 24.6. The minimum absolute atomic E-state index is 0.193. The van der Waals surface area contributed by atoms with Gasteiger partial charge >= 0.3 is 6.03 Å². The van der Waals surface area contributed by atoms with Crippen LogP contribution in [0.1, 0.15) is 18.4 Å². The number of rotatable bonds is 4. The average Bonchev–Trinajstić information content (AvgIpc) is 3.06. The highest BCUT2D eigenvalue weighted by Crippen LogP contribution is 2.25. The van der Waals surface area contributed by atoms with Crippen molar-refractivity contribution in [2.45, 2.75) is 24.6 Å². The molecule has 1 aliphatic heterocycles. The van der Waals surface area contributed by atoms with E-state index in [0.29, 0.717) is 19.4 Å². The molecule has 2 N–H and O–H groups in total. The monoisotopic (exact) mass is 338 g/mol. The van der Waals surface area contributed by atoms with Gasteiger partial charge in [0.15, 0.2) is 9.84 Å². The van der Waals surface area contributed by atoms with Gasteiger partial charge < -0.3 is 10.6 Å². The van der Waals surface area contributed by atoms with E-state index in [4.69, 9.17) is 0 Å². The van der Waals surface area contributed by atoms with Crippen molar-refractivity contribution in [3.05, 3.63) is 35.2 Å². The van der Waals surface area contributed by atoms with Gasteiger partial charge in [-0.25, -0.2) is 13.2 Å². The Morgan fingerprint density at radius 1 is 1.27 bits per heavy atom. The first kappa shape index (κ1) is 15.3. The van der Waals surface area contributed by atoms with E-state index in [1.54, 1.807) is 11.3 Å². The van der Waals surface area contributed by atoms with Crippen molar-refractivity contribution in [3.8, 4) is 0 Å². The zero-order chi connectivity index (χ0) is 15.6. The average molecular weight is 338 g/mol. The third kappa shape index (κ3) is 3.25. The number of carbonyl (C=O) groups excluding carboxylic acids is 1. The Morgan fingerprint density at radius 3 is 2.86 bits per heavy atom. The molecule has 1 saturated heterocycles. The van der Waals surface area contributed by atoms with Gasteiger partial charge in [0.25, 0.3) is 0 Å². The highest BCUT2D eigenvalue weighted by atomic mass is 32.2. The maximum Gasteiger partial charge on any atom is 0.315 e. The zero-order valence-corrected chi connectivity index (χ0v) is 13.7. The lowest BCUT2D eigenvalue weighted by Gasteiger charge is -2.11. The minimum atomic E-state index is -3.01. The fraction of sp³-hybridized carbons (Fsp3) is 0.400. The predicted octanol–water partition coefficient (Wildman–Crippen LogP) is 2.28. The van der Waals surface area contributed by atoms with Crippen LogP contribution >= 0.6 is 11.3 Å². The Kier molecular flexibility index (Phi) is 4.35. The second-order valence-corrected chi connectivity index (χ2v) is 8.76. The van der Waals surface area contributed by atoms with Crippen LogP contribution in [0.3, 0.4) is 0 Å². The number of carbonyl (C=O) groups is 1. The van der Waals surface area contributed by atoms with E-state index in [9.17, 15) is 13.2 Å². The Hall–Kier alpha value is -1.60. The third-order valence-corrected chi connectivity index (χ3v) is 7.24. The number of sulfone groups is 1. The van der Waals surface area contributed by atoms with Crippen molar-refractivity contribution in [2.24, 2.45) is 0 Å². The normalized spacial score (nSPS) is 20.1. The van der Waals surface area contributed by atoms with Crippen LogP contribution in [0.2, 0.25) is 0 Å². The molecule has 0 aliphatic carbocycles. The van der Waals surface area contributed by atoms with Crippen molar-refractivity contribution in [3.63, 3.8) is 0 Å². The molecule has 7 heteroatoms. The molecule has 0 unspecified atom stereocenters. The fourth-order valence-corrected chi connectivity index (χ4v) is 5.43. The first-order valence-electron chi connectivity index (χ1n) is 7.24. The quantitative estimate of drug-likeness (QED) is 0.898. The van der Waals surface area contributed by atoms with Gasteiger partial charge in [-0.1, -0.05) is 18.2 Å². The summed E-state index contributed by atoms with van der Waals surface area (Å²) in [6.45, 7) is 0.631. The number of nitrogens with one attached hydrogen (secondary N) is 2. The number of hydrogen-bond donors (Lipinski definition) is 2. The molecule has 0 radical (unpaired) electrons. The van der Waals surface area contributed by atoms with E-state index in [1.165, 1.54) is 4.70 Å². The second-order valence-electron chi connectivity index (χ2n) is 5.45. The molecule has 2 aromatic rings. The molecule has 1 aliphatic rings. The number of amides is 2. The molecule has 118 valence electrons. The molecule has 1 atom stereocenters. The van der Waals surface area contributed by atoms with Crippen LogP contribution in [0.15, 0.2) is 29.6 Å². The maximum absolute atomic E-state index is 11.8. The molecule has 2 heterocycles. The van der Waals surface area contributed by atoms with Gasteiger partial charge in [-0.15, -0.1) is 11.3 Å². The number of thiophene rings is 1. The molecule has 3 rings (SSSR count). The van der Waals surface area contributed by atoms with Crippen molar-refractivity contribution < 1.29 is 13.2 Å². The zero-order valence-electron chi connectivity index (χ0n) is 12.0. The van der Waals surface area contributed by atoms with Crippen LogP contribution in [-0.4, -0.2) is 32.0 Å². The summed E-state index contributed by atoms with van der Waals surface area (Å²) >= 11 is 1.65. The molecular weight excluding hydrogens is 320 g/mol. The predicted molar refractivity (Wildman–Crippen MR) is 88.9 cm³/mol. The Bertz CT molecular complexity index is 783. The van der Waals surface area contributed by atoms with Crippen LogP contribution in [0.5, 0.6) is 0 Å². The van der Waals surface area contributed by atoms with Crippen molar-refractivity contribution >= 4 is 37.3 Å². The summed E-state index contributed by atoms with van der Waals surface area (Å²) in [5.41, 5.74) is 1.07. The summed E-state index contributed by atoms with van der Waals surface area (Å²) in [4.78, 5) is 11.8. The van der Waals surface area contributed by atoms with Gasteiger partial charge in [-0.2, -0.15) is 0 Å². The molecule has 1 aromatic carbocycles. The Morgan fingerprint density at radius 2 is 2.09 bits per heavy atom. The van der Waals surface area contributed by atoms with Crippen LogP contribution in [0, 0.1) is 0 Å². The van der Waals surface area contributed by atoms with E-state index in [2.05, 4.69) is 16.7 Å². The van der Waals surface area contributed by atoms with Gasteiger partial charge in [0.1, 0.15) is 0 Å². The fourth-order valence-electron chi connectivity index (χ4n) is 2.70. The Labute approximate surface area is 133 Å². The number of fused-ring (bicyclic) bond motifs is 1. The van der Waals surface area contributed by atoms with E-state index < -0.39 is 15.1 Å². The largest absolute Gasteiger partial charge is 0.337 e. The molecule has 0 bridgehead atoms. The minimum Gasteiger partial charge on any atom is -0.337 e. The molecule has 22 heavy (non-hydrogen) atoms. The molecule has 5 nitrogen and oxygen atoms in total. The van der Waals surface area contributed by atoms with Gasteiger partial charge in [-0.3, -0.25) is 0 Å². The third-order valence-electron chi connectivity index (χ3n) is 3.95. The van der Waals surface area contributed by atoms with Gasteiger partial charge in [0.2, 0.25) is 0 Å². The summed E-state index contributed by atoms with van der Waals surface area (Å²) in [6, 6.07) is 7.73. The lowest BCUT2D eigenvalue weighted by atomic mass is 10.2. The first-order chi connectivity index (χ1) is 10.6. The van der Waals surface area contributed by atoms with Gasteiger partial charge in [-0.05, 0) is 35.2 Å². The summed E-state index contributed by atoms with van der Waals surface area (Å²) in [5.74, 6) is 0.238. The van der Waals surface area contributed by atoms with Crippen LogP contribution in [0.25, 0.3) is 10.1 Å². The standard InChI is InChI=1S/C15H18N2O3S2/c18-15(17-9-12-4-3-7-22(12,19)20)16-8-11-10-21-14-6-2-1-5-13(11)14/h1-2,5-6,10,12H,3-4,7-9H2,(H2,16,17,18)/t12-/m1/s1. The molecular formula is C15H18N2O3S2. The second kappa shape index (κ2) is 6.26. The summed E-state index contributed by atoms with van der Waals surface area (Å²) in [7, 11) is -3.01. The smallest absolute Gasteiger partial charge is 0.315 e. The maximum atomic E-state index is 11.8. The Balaban J connectivity index is 1.52. The van der Waals surface area contributed by atoms with E-state index in [0.717, 1.165) is 10.9 Å². The molecule has 1 aromatic heterocycles. The SMILES string of the molecule is O=C(NCc1csc2ccccc12)NC[C@H]1CCCS1(=O)=O. The molecule has 0 spiro atoms. The van der Waals surface area contributed by atoms with E-state index in [1.807, 2.05) is 23.6 Å². The van der Waals surface area contributed by atoms with E-state index in [-0.39, 0.29) is 18.3 Å². The first-order valence-corrected chi connectivity index (χ1v) is 9.84. The van der Waals surface area contributed by atoms with Gasteiger partial charge in [0, 0.05) is 17.8 Å². The van der Waals surface area contributed by atoms with Gasteiger partial charge in [0.05, 0.1) is 11.0 Å². The van der Waals surface area contributed by atoms with Crippen molar-refractivity contribution in [1.82, 2.24) is 10.6 Å². The van der Waals surface area contributed by atoms with Crippen LogP contribution < -0.4 is 10.6 Å². The molecule has 2 amide bonds.